The molecule has 2 aliphatic rings. The van der Waals surface area contributed by atoms with E-state index in [2.05, 4.69) is 27.5 Å². The molecule has 0 bridgehead atoms. The minimum atomic E-state index is -0.247. The predicted molar refractivity (Wildman–Crippen MR) is 93.1 cm³/mol. The zero-order valence-electron chi connectivity index (χ0n) is 14.3. The van der Waals surface area contributed by atoms with Crippen molar-refractivity contribution in [3.8, 4) is 11.3 Å². The zero-order valence-corrected chi connectivity index (χ0v) is 14.3. The second kappa shape index (κ2) is 6.59. The van der Waals surface area contributed by atoms with E-state index in [0.717, 1.165) is 42.8 Å². The number of carbonyl (C=O) groups is 1. The molecule has 1 aliphatic carbocycles. The molecule has 2 fully saturated rings. The number of nitrogens with one attached hydrogen (secondary N) is 2. The van der Waals surface area contributed by atoms with Crippen LogP contribution in [0.1, 0.15) is 24.8 Å². The topological polar surface area (TPSA) is 61.0 Å². The molecule has 1 saturated carbocycles. The number of hydrogen-bond acceptors (Lipinski definition) is 3. The number of halogens is 1. The van der Waals surface area contributed by atoms with E-state index >= 15 is 0 Å². The Bertz CT molecular complexity index is 774. The first-order chi connectivity index (χ1) is 12.1. The van der Waals surface area contributed by atoms with Gasteiger partial charge in [0.1, 0.15) is 5.82 Å². The van der Waals surface area contributed by atoms with E-state index in [0.29, 0.717) is 24.3 Å². The molecule has 3 atom stereocenters. The summed E-state index contributed by atoms with van der Waals surface area (Å²) in [6.45, 7) is 1.57. The van der Waals surface area contributed by atoms with Crippen LogP contribution in [-0.2, 0) is 11.3 Å². The van der Waals surface area contributed by atoms with Gasteiger partial charge in [0.05, 0.1) is 11.9 Å². The maximum atomic E-state index is 13.5. The second-order valence-electron chi connectivity index (χ2n) is 7.35. The van der Waals surface area contributed by atoms with Crippen LogP contribution in [0.3, 0.4) is 0 Å². The Morgan fingerprint density at radius 3 is 3.00 bits per heavy atom. The largest absolute Gasteiger partial charge is 0.356 e. The molecule has 6 heteroatoms. The van der Waals surface area contributed by atoms with Crippen LogP contribution >= 0.6 is 0 Å². The standard InChI is InChI=1S/C19H23FN4O/c1-24(17-6-13-8-18(25)21-9-14(13)7-17)11-15-10-22-23-19(15)12-3-2-4-16(20)5-12/h2-5,10,13-14,17H,6-9,11H2,1H3,(H,21,25)(H,22,23)/t13-,14+,17-/m1/s1. The second-order valence-corrected chi connectivity index (χ2v) is 7.35. The average molecular weight is 342 g/mol. The van der Waals surface area contributed by atoms with Crippen molar-refractivity contribution in [1.29, 1.82) is 0 Å². The number of H-pyrrole nitrogens is 1. The lowest BCUT2D eigenvalue weighted by atomic mass is 9.89. The van der Waals surface area contributed by atoms with Gasteiger partial charge in [0.2, 0.25) is 5.91 Å². The van der Waals surface area contributed by atoms with Crippen LogP contribution in [0.2, 0.25) is 0 Å². The fourth-order valence-electron chi connectivity index (χ4n) is 4.32. The maximum Gasteiger partial charge on any atom is 0.220 e. The van der Waals surface area contributed by atoms with Gasteiger partial charge < -0.3 is 5.32 Å². The van der Waals surface area contributed by atoms with Crippen molar-refractivity contribution in [2.75, 3.05) is 13.6 Å². The molecule has 25 heavy (non-hydrogen) atoms. The van der Waals surface area contributed by atoms with Crippen LogP contribution in [0.4, 0.5) is 4.39 Å². The third-order valence-electron chi connectivity index (χ3n) is 5.70. The summed E-state index contributed by atoms with van der Waals surface area (Å²) in [6.07, 6.45) is 4.68. The highest BCUT2D eigenvalue weighted by molar-refractivity contribution is 5.77. The van der Waals surface area contributed by atoms with Crippen molar-refractivity contribution in [2.45, 2.75) is 31.8 Å². The Labute approximate surface area is 146 Å². The lowest BCUT2D eigenvalue weighted by Gasteiger charge is -2.24. The normalized spacial score (nSPS) is 25.9. The lowest BCUT2D eigenvalue weighted by molar-refractivity contribution is -0.124. The summed E-state index contributed by atoms with van der Waals surface area (Å²) >= 11 is 0. The van der Waals surface area contributed by atoms with Gasteiger partial charge in [-0.2, -0.15) is 5.10 Å². The number of aromatic nitrogens is 2. The van der Waals surface area contributed by atoms with Gasteiger partial charge in [0.25, 0.3) is 0 Å². The van der Waals surface area contributed by atoms with E-state index < -0.39 is 0 Å². The molecule has 2 heterocycles. The number of hydrogen-bond donors (Lipinski definition) is 2. The fraction of sp³-hybridized carbons (Fsp3) is 0.474. The molecule has 1 aromatic heterocycles. The molecule has 2 aromatic rings. The van der Waals surface area contributed by atoms with Crippen molar-refractivity contribution in [1.82, 2.24) is 20.4 Å². The third-order valence-corrected chi connectivity index (χ3v) is 5.70. The highest BCUT2D eigenvalue weighted by Crippen LogP contribution is 2.38. The van der Waals surface area contributed by atoms with Crippen molar-refractivity contribution in [3.05, 3.63) is 41.8 Å². The molecule has 5 nitrogen and oxygen atoms in total. The van der Waals surface area contributed by atoms with Gasteiger partial charge in [0.15, 0.2) is 0 Å². The lowest BCUT2D eigenvalue weighted by Crippen LogP contribution is -2.38. The van der Waals surface area contributed by atoms with Crippen LogP contribution in [0.25, 0.3) is 11.3 Å². The summed E-state index contributed by atoms with van der Waals surface area (Å²) in [4.78, 5) is 13.9. The Balaban J connectivity index is 1.46. The molecule has 0 spiro atoms. The molecule has 4 rings (SSSR count). The Morgan fingerprint density at radius 1 is 1.32 bits per heavy atom. The predicted octanol–water partition coefficient (Wildman–Crippen LogP) is 2.56. The highest BCUT2D eigenvalue weighted by atomic mass is 19.1. The van der Waals surface area contributed by atoms with Crippen LogP contribution in [-0.4, -0.2) is 40.6 Å². The summed E-state index contributed by atoms with van der Waals surface area (Å²) in [6, 6.07) is 7.05. The van der Waals surface area contributed by atoms with Gasteiger partial charge in [0, 0.05) is 36.7 Å². The minimum absolute atomic E-state index is 0.188. The first-order valence-electron chi connectivity index (χ1n) is 8.85. The Hall–Kier alpha value is -2.21. The number of nitrogens with zero attached hydrogens (tertiary/aromatic N) is 2. The van der Waals surface area contributed by atoms with Crippen molar-refractivity contribution in [3.63, 3.8) is 0 Å². The van der Waals surface area contributed by atoms with E-state index in [9.17, 15) is 9.18 Å². The monoisotopic (exact) mass is 342 g/mol. The van der Waals surface area contributed by atoms with Gasteiger partial charge in [-0.05, 0) is 43.9 Å². The number of amides is 1. The van der Waals surface area contributed by atoms with Crippen LogP contribution in [0.15, 0.2) is 30.5 Å². The minimum Gasteiger partial charge on any atom is -0.356 e. The smallest absolute Gasteiger partial charge is 0.220 e. The first kappa shape index (κ1) is 16.3. The van der Waals surface area contributed by atoms with Gasteiger partial charge in [-0.3, -0.25) is 14.8 Å². The van der Waals surface area contributed by atoms with E-state index in [-0.39, 0.29) is 11.7 Å². The third kappa shape index (κ3) is 3.31. The molecule has 2 N–H and O–H groups in total. The first-order valence-corrected chi connectivity index (χ1v) is 8.85. The summed E-state index contributed by atoms with van der Waals surface area (Å²) in [5, 5.41) is 10.2. The number of rotatable bonds is 4. The molecule has 1 saturated heterocycles. The van der Waals surface area contributed by atoms with Crippen molar-refractivity contribution in [2.24, 2.45) is 11.8 Å². The molecule has 132 valence electrons. The molecular formula is C19H23FN4O. The Kier molecular flexibility index (Phi) is 4.29. The fourth-order valence-corrected chi connectivity index (χ4v) is 4.32. The van der Waals surface area contributed by atoms with Crippen LogP contribution in [0.5, 0.6) is 0 Å². The molecule has 1 amide bonds. The molecule has 1 aliphatic heterocycles. The number of piperidine rings is 1. The van der Waals surface area contributed by atoms with E-state index in [1.165, 1.54) is 12.1 Å². The quantitative estimate of drug-likeness (QED) is 0.898. The van der Waals surface area contributed by atoms with Crippen LogP contribution in [0, 0.1) is 17.7 Å². The summed E-state index contributed by atoms with van der Waals surface area (Å²) < 4.78 is 13.5. The van der Waals surface area contributed by atoms with Gasteiger partial charge in [-0.25, -0.2) is 4.39 Å². The summed E-state index contributed by atoms with van der Waals surface area (Å²) in [7, 11) is 2.12. The van der Waals surface area contributed by atoms with Gasteiger partial charge in [-0.1, -0.05) is 12.1 Å². The van der Waals surface area contributed by atoms with E-state index in [1.807, 2.05) is 12.3 Å². The SMILES string of the molecule is CN(Cc1cn[nH]c1-c1cccc(F)c1)[C@H]1C[C@H]2CNC(=O)C[C@H]2C1. The van der Waals surface area contributed by atoms with Crippen molar-refractivity contribution < 1.29 is 9.18 Å². The van der Waals surface area contributed by atoms with E-state index in [1.54, 1.807) is 6.07 Å². The summed E-state index contributed by atoms with van der Waals surface area (Å²) in [5.74, 6) is 1.04. The van der Waals surface area contributed by atoms with Crippen molar-refractivity contribution >= 4 is 5.91 Å². The van der Waals surface area contributed by atoms with E-state index in [4.69, 9.17) is 0 Å². The molecule has 1 aromatic carbocycles. The van der Waals surface area contributed by atoms with Gasteiger partial charge >= 0.3 is 0 Å². The highest BCUT2D eigenvalue weighted by Gasteiger charge is 2.39. The number of aromatic amines is 1. The summed E-state index contributed by atoms with van der Waals surface area (Å²) in [5.41, 5.74) is 2.76. The molecular weight excluding hydrogens is 319 g/mol. The average Bonchev–Trinajstić information content (AvgIpc) is 3.21. The van der Waals surface area contributed by atoms with Gasteiger partial charge in [-0.15, -0.1) is 0 Å². The Morgan fingerprint density at radius 2 is 2.16 bits per heavy atom. The number of benzene rings is 1. The van der Waals surface area contributed by atoms with Crippen LogP contribution < -0.4 is 5.32 Å². The zero-order chi connectivity index (χ0) is 17.4. The molecule has 0 radical (unpaired) electrons. The number of fused-ring (bicyclic) bond motifs is 1. The maximum absolute atomic E-state index is 13.5. The molecule has 0 unspecified atom stereocenters. The number of carbonyl (C=O) groups excluding carboxylic acids is 1.